The molecule has 8 aromatic carbocycles. The maximum Gasteiger partial charge on any atom is 0.164 e. The fourth-order valence-electron chi connectivity index (χ4n) is 8.45. The van der Waals surface area contributed by atoms with Crippen molar-refractivity contribution in [1.82, 2.24) is 19.5 Å². The standard InChI is InChI=1S/C49H28N4S2/c1-2-15-32-29(12-1)26-27-34-33-16-3-6-21-39(33)53(46(32)34)31-14-9-13-30(28-31)47-50-48(37-19-10-24-42-44(37)35-17-4-7-22-40(35)54-42)52-49(51-47)38-20-11-25-43-45(38)36-18-5-8-23-41(36)55-43/h1-28H. The molecule has 4 nitrogen and oxygen atoms in total. The first-order valence-corrected chi connectivity index (χ1v) is 20.0. The zero-order valence-corrected chi connectivity index (χ0v) is 30.9. The van der Waals surface area contributed by atoms with Crippen LogP contribution in [0.4, 0.5) is 0 Å². The molecule has 0 aliphatic rings. The molecule has 0 N–H and O–H groups in total. The Morgan fingerprint density at radius 2 is 0.927 bits per heavy atom. The molecule has 6 heteroatoms. The quantitative estimate of drug-likeness (QED) is 0.181. The van der Waals surface area contributed by atoms with E-state index >= 15 is 0 Å². The molecule has 12 aromatic rings. The fourth-order valence-corrected chi connectivity index (χ4v) is 10.7. The molecule has 0 bridgehead atoms. The minimum Gasteiger partial charge on any atom is -0.309 e. The molecule has 0 aliphatic carbocycles. The summed E-state index contributed by atoms with van der Waals surface area (Å²) >= 11 is 3.61. The van der Waals surface area contributed by atoms with E-state index in [4.69, 9.17) is 15.0 Å². The summed E-state index contributed by atoms with van der Waals surface area (Å²) in [4.78, 5) is 16.0. The highest BCUT2D eigenvalue weighted by Gasteiger charge is 2.21. The van der Waals surface area contributed by atoms with Crippen LogP contribution in [0.3, 0.4) is 0 Å². The minimum absolute atomic E-state index is 0.639. The van der Waals surface area contributed by atoms with E-state index in [0.717, 1.165) is 27.9 Å². The number of hydrogen-bond acceptors (Lipinski definition) is 5. The van der Waals surface area contributed by atoms with Gasteiger partial charge in [0.2, 0.25) is 0 Å². The van der Waals surface area contributed by atoms with E-state index in [1.807, 2.05) is 0 Å². The van der Waals surface area contributed by atoms with Crippen LogP contribution in [0.5, 0.6) is 0 Å². The van der Waals surface area contributed by atoms with E-state index in [9.17, 15) is 0 Å². The van der Waals surface area contributed by atoms with Crippen molar-refractivity contribution in [3.05, 3.63) is 170 Å². The Hall–Kier alpha value is -6.73. The summed E-state index contributed by atoms with van der Waals surface area (Å²) in [6, 6.07) is 60.7. The molecule has 256 valence electrons. The Bertz CT molecular complexity index is 3380. The first-order valence-electron chi connectivity index (χ1n) is 18.4. The van der Waals surface area contributed by atoms with E-state index in [1.54, 1.807) is 22.7 Å². The second-order valence-electron chi connectivity index (χ2n) is 13.9. The third kappa shape index (κ3) is 4.65. The van der Waals surface area contributed by atoms with Gasteiger partial charge in [-0.25, -0.2) is 15.0 Å². The van der Waals surface area contributed by atoms with E-state index in [-0.39, 0.29) is 0 Å². The maximum absolute atomic E-state index is 5.34. The molecule has 0 atom stereocenters. The second-order valence-corrected chi connectivity index (χ2v) is 16.1. The number of rotatable bonds is 4. The van der Waals surface area contributed by atoms with Crippen molar-refractivity contribution in [2.45, 2.75) is 0 Å². The summed E-state index contributed by atoms with van der Waals surface area (Å²) in [5.74, 6) is 1.97. The van der Waals surface area contributed by atoms with Gasteiger partial charge in [0, 0.05) is 78.9 Å². The second kappa shape index (κ2) is 11.9. The molecule has 55 heavy (non-hydrogen) atoms. The van der Waals surface area contributed by atoms with Crippen molar-refractivity contribution in [1.29, 1.82) is 0 Å². The number of hydrogen-bond donors (Lipinski definition) is 0. The predicted octanol–water partition coefficient (Wildman–Crippen LogP) is 13.9. The minimum atomic E-state index is 0.639. The monoisotopic (exact) mass is 736 g/mol. The molecular formula is C49H28N4S2. The number of fused-ring (bicyclic) bond motifs is 11. The van der Waals surface area contributed by atoms with Gasteiger partial charge in [0.15, 0.2) is 17.5 Å². The van der Waals surface area contributed by atoms with Crippen molar-refractivity contribution in [3.63, 3.8) is 0 Å². The summed E-state index contributed by atoms with van der Waals surface area (Å²) < 4.78 is 7.33. The van der Waals surface area contributed by atoms with Gasteiger partial charge >= 0.3 is 0 Å². The van der Waals surface area contributed by atoms with Crippen molar-refractivity contribution in [2.24, 2.45) is 0 Å². The third-order valence-electron chi connectivity index (χ3n) is 10.8. The Morgan fingerprint density at radius 3 is 1.62 bits per heavy atom. The highest BCUT2D eigenvalue weighted by atomic mass is 32.1. The van der Waals surface area contributed by atoms with Crippen LogP contribution in [0.15, 0.2) is 170 Å². The summed E-state index contributed by atoms with van der Waals surface area (Å²) in [6.45, 7) is 0. The third-order valence-corrected chi connectivity index (χ3v) is 13.1. The number of para-hydroxylation sites is 1. The molecule has 0 saturated heterocycles. The molecule has 0 amide bonds. The van der Waals surface area contributed by atoms with Crippen LogP contribution >= 0.6 is 22.7 Å². The Balaban J connectivity index is 1.14. The molecule has 0 fully saturated rings. The van der Waals surface area contributed by atoms with Crippen LogP contribution in [0.2, 0.25) is 0 Å². The number of aromatic nitrogens is 4. The van der Waals surface area contributed by atoms with Crippen LogP contribution in [0, 0.1) is 0 Å². The molecule has 4 heterocycles. The zero-order valence-electron chi connectivity index (χ0n) is 29.3. The molecule has 4 aromatic heterocycles. The van der Waals surface area contributed by atoms with Crippen molar-refractivity contribution >= 4 is 95.6 Å². The predicted molar refractivity (Wildman–Crippen MR) is 234 cm³/mol. The van der Waals surface area contributed by atoms with E-state index in [2.05, 4.69) is 174 Å². The maximum atomic E-state index is 5.34. The smallest absolute Gasteiger partial charge is 0.164 e. The molecule has 0 saturated carbocycles. The summed E-state index contributed by atoms with van der Waals surface area (Å²) in [7, 11) is 0. The molecule has 0 aliphatic heterocycles. The van der Waals surface area contributed by atoms with Gasteiger partial charge in [0.1, 0.15) is 0 Å². The lowest BCUT2D eigenvalue weighted by molar-refractivity contribution is 1.08. The lowest BCUT2D eigenvalue weighted by Gasteiger charge is -2.13. The van der Waals surface area contributed by atoms with Gasteiger partial charge in [-0.05, 0) is 47.9 Å². The lowest BCUT2D eigenvalue weighted by Crippen LogP contribution is -2.01. The van der Waals surface area contributed by atoms with Crippen LogP contribution in [0.25, 0.3) is 113 Å². The van der Waals surface area contributed by atoms with E-state index in [1.165, 1.54) is 67.4 Å². The van der Waals surface area contributed by atoms with Crippen LogP contribution < -0.4 is 0 Å². The lowest BCUT2D eigenvalue weighted by atomic mass is 10.0. The first kappa shape index (κ1) is 30.7. The Morgan fingerprint density at radius 1 is 0.382 bits per heavy atom. The number of benzene rings is 8. The van der Waals surface area contributed by atoms with Crippen molar-refractivity contribution in [3.8, 4) is 39.9 Å². The summed E-state index contributed by atoms with van der Waals surface area (Å²) in [5, 5.41) is 9.68. The largest absolute Gasteiger partial charge is 0.309 e. The summed E-state index contributed by atoms with van der Waals surface area (Å²) in [6.07, 6.45) is 0. The first-order chi connectivity index (χ1) is 27.3. The average Bonchev–Trinajstić information content (AvgIpc) is 3.93. The highest BCUT2D eigenvalue weighted by molar-refractivity contribution is 7.26. The number of thiophene rings is 2. The SMILES string of the molecule is c1cc(-c2nc(-c3cccc4sc5ccccc5c34)nc(-c3cccc4sc5ccccc5c34)n2)cc(-n2c3ccccc3c3ccc4ccccc4c32)c1. The molecule has 0 unspecified atom stereocenters. The van der Waals surface area contributed by atoms with Gasteiger partial charge < -0.3 is 4.57 Å². The topological polar surface area (TPSA) is 43.6 Å². The molecule has 0 spiro atoms. The van der Waals surface area contributed by atoms with Crippen molar-refractivity contribution in [2.75, 3.05) is 0 Å². The number of nitrogens with zero attached hydrogens (tertiary/aromatic N) is 4. The van der Waals surface area contributed by atoms with Gasteiger partial charge in [-0.1, -0.05) is 127 Å². The molecule has 12 rings (SSSR count). The van der Waals surface area contributed by atoms with Gasteiger partial charge in [-0.3, -0.25) is 0 Å². The van der Waals surface area contributed by atoms with Gasteiger partial charge in [0.05, 0.1) is 11.0 Å². The van der Waals surface area contributed by atoms with Gasteiger partial charge in [-0.15, -0.1) is 22.7 Å². The van der Waals surface area contributed by atoms with Crippen molar-refractivity contribution < 1.29 is 0 Å². The summed E-state index contributed by atoms with van der Waals surface area (Å²) in [5.41, 5.74) is 6.36. The highest BCUT2D eigenvalue weighted by Crippen LogP contribution is 2.43. The van der Waals surface area contributed by atoms with Gasteiger partial charge in [0.25, 0.3) is 0 Å². The van der Waals surface area contributed by atoms with Crippen LogP contribution in [0.1, 0.15) is 0 Å². The average molecular weight is 737 g/mol. The van der Waals surface area contributed by atoms with Gasteiger partial charge in [-0.2, -0.15) is 0 Å². The normalized spacial score (nSPS) is 12.0. The zero-order chi connectivity index (χ0) is 36.0. The Kier molecular flexibility index (Phi) is 6.64. The van der Waals surface area contributed by atoms with E-state index in [0.29, 0.717) is 17.5 Å². The van der Waals surface area contributed by atoms with E-state index < -0.39 is 0 Å². The fraction of sp³-hybridized carbons (Fsp3) is 0. The Labute approximate surface area is 323 Å². The van der Waals surface area contributed by atoms with Crippen LogP contribution in [-0.4, -0.2) is 19.5 Å². The molecular weight excluding hydrogens is 709 g/mol. The molecule has 0 radical (unpaired) electrons. The van der Waals surface area contributed by atoms with Crippen LogP contribution in [-0.2, 0) is 0 Å².